The molecule has 2 heterocycles. The van der Waals surface area contributed by atoms with Crippen LogP contribution in [0, 0.1) is 6.92 Å². The molecule has 0 bridgehead atoms. The lowest BCUT2D eigenvalue weighted by Gasteiger charge is -2.08. The highest BCUT2D eigenvalue weighted by Crippen LogP contribution is 2.33. The molecule has 0 amide bonds. The highest BCUT2D eigenvalue weighted by atomic mass is 32.1. The summed E-state index contributed by atoms with van der Waals surface area (Å²) in [5.74, 6) is 1.43. The van der Waals surface area contributed by atoms with Crippen molar-refractivity contribution in [3.05, 3.63) is 50.5 Å². The molecule has 0 unspecified atom stereocenters. The maximum atomic E-state index is 5.35. The van der Waals surface area contributed by atoms with Gasteiger partial charge in [-0.25, -0.2) is 4.98 Å². The van der Waals surface area contributed by atoms with E-state index in [2.05, 4.69) is 40.9 Å². The number of hydrogen-bond donors (Lipinski definition) is 0. The number of thiophene rings is 1. The molecule has 3 rings (SSSR count). The molecule has 0 saturated heterocycles. The quantitative estimate of drug-likeness (QED) is 0.624. The summed E-state index contributed by atoms with van der Waals surface area (Å²) in [7, 11) is 3.27. The number of nitrogens with zero attached hydrogens (tertiary/aromatic N) is 1. The number of benzene rings is 1. The molecule has 0 radical (unpaired) electrons. The second-order valence-corrected chi connectivity index (χ2v) is 6.78. The van der Waals surface area contributed by atoms with Gasteiger partial charge in [-0.05, 0) is 54.3 Å². The summed E-state index contributed by atoms with van der Waals surface area (Å²) in [6.07, 6.45) is 4.19. The zero-order valence-corrected chi connectivity index (χ0v) is 14.8. The average molecular weight is 343 g/mol. The van der Waals surface area contributed by atoms with Crippen LogP contribution in [-0.4, -0.2) is 19.2 Å². The van der Waals surface area contributed by atoms with Gasteiger partial charge in [0.2, 0.25) is 0 Å². The van der Waals surface area contributed by atoms with Gasteiger partial charge >= 0.3 is 0 Å². The molecular formula is C18H17NO2S2. The van der Waals surface area contributed by atoms with Crippen LogP contribution in [0.4, 0.5) is 0 Å². The van der Waals surface area contributed by atoms with Crippen molar-refractivity contribution in [2.45, 2.75) is 6.92 Å². The normalized spacial score (nSPS) is 11.1. The van der Waals surface area contributed by atoms with E-state index in [1.807, 2.05) is 18.2 Å². The number of aryl methyl sites for hydroxylation is 1. The third kappa shape index (κ3) is 3.46. The van der Waals surface area contributed by atoms with Crippen molar-refractivity contribution >= 4 is 34.8 Å². The van der Waals surface area contributed by atoms with E-state index in [0.717, 1.165) is 22.0 Å². The lowest BCUT2D eigenvalue weighted by Crippen LogP contribution is -1.90. The lowest BCUT2D eigenvalue weighted by atomic mass is 10.1. The van der Waals surface area contributed by atoms with Crippen LogP contribution >= 0.6 is 22.7 Å². The van der Waals surface area contributed by atoms with E-state index < -0.39 is 0 Å². The van der Waals surface area contributed by atoms with Crippen LogP contribution < -0.4 is 9.47 Å². The summed E-state index contributed by atoms with van der Waals surface area (Å²) in [4.78, 5) is 5.95. The van der Waals surface area contributed by atoms with E-state index >= 15 is 0 Å². The Labute approximate surface area is 143 Å². The Morgan fingerprint density at radius 2 is 1.83 bits per heavy atom. The fourth-order valence-corrected chi connectivity index (χ4v) is 3.73. The van der Waals surface area contributed by atoms with Gasteiger partial charge in [-0.2, -0.15) is 0 Å². The number of aromatic nitrogens is 1. The monoisotopic (exact) mass is 343 g/mol. The van der Waals surface area contributed by atoms with E-state index in [9.17, 15) is 0 Å². The summed E-state index contributed by atoms with van der Waals surface area (Å²) in [5, 5.41) is 5.15. The van der Waals surface area contributed by atoms with E-state index in [-0.39, 0.29) is 0 Å². The van der Waals surface area contributed by atoms with E-state index in [1.54, 1.807) is 36.9 Å². The molecule has 0 spiro atoms. The first-order chi connectivity index (χ1) is 11.2. The van der Waals surface area contributed by atoms with Gasteiger partial charge in [0, 0.05) is 15.8 Å². The van der Waals surface area contributed by atoms with Crippen molar-refractivity contribution in [3.8, 4) is 22.8 Å². The Bertz CT molecular complexity index is 833. The molecule has 0 aliphatic rings. The molecule has 1 aromatic carbocycles. The van der Waals surface area contributed by atoms with Crippen LogP contribution in [0.3, 0.4) is 0 Å². The summed E-state index contributed by atoms with van der Waals surface area (Å²) in [5.41, 5.74) is 3.26. The maximum Gasteiger partial charge on any atom is 0.161 e. The van der Waals surface area contributed by atoms with Crippen LogP contribution in [0.2, 0.25) is 0 Å². The van der Waals surface area contributed by atoms with E-state index in [1.165, 1.54) is 10.4 Å². The number of thiazole rings is 1. The molecule has 3 nitrogen and oxygen atoms in total. The number of methoxy groups -OCH3 is 2. The minimum absolute atomic E-state index is 0.712. The predicted octanol–water partition coefficient (Wildman–Crippen LogP) is 5.37. The first-order valence-corrected chi connectivity index (χ1v) is 8.87. The van der Waals surface area contributed by atoms with Crippen molar-refractivity contribution in [1.29, 1.82) is 0 Å². The molecule has 5 heteroatoms. The zero-order valence-electron chi connectivity index (χ0n) is 13.2. The van der Waals surface area contributed by atoms with Gasteiger partial charge in [0.25, 0.3) is 0 Å². The Kier molecular flexibility index (Phi) is 4.79. The van der Waals surface area contributed by atoms with Gasteiger partial charge in [-0.15, -0.1) is 22.7 Å². The molecular weight excluding hydrogens is 326 g/mol. The fourth-order valence-electron chi connectivity index (χ4n) is 2.19. The number of ether oxygens (including phenoxy) is 2. The van der Waals surface area contributed by atoms with Gasteiger partial charge in [-0.3, -0.25) is 0 Å². The van der Waals surface area contributed by atoms with Crippen molar-refractivity contribution in [2.75, 3.05) is 14.2 Å². The summed E-state index contributed by atoms with van der Waals surface area (Å²) < 4.78 is 10.6. The topological polar surface area (TPSA) is 31.4 Å². The van der Waals surface area contributed by atoms with Gasteiger partial charge in [0.15, 0.2) is 11.5 Å². The van der Waals surface area contributed by atoms with E-state index in [0.29, 0.717) is 5.75 Å². The molecule has 118 valence electrons. The molecule has 0 aliphatic heterocycles. The van der Waals surface area contributed by atoms with Gasteiger partial charge in [0.05, 0.1) is 19.9 Å². The van der Waals surface area contributed by atoms with Crippen molar-refractivity contribution in [1.82, 2.24) is 4.98 Å². The highest BCUT2D eigenvalue weighted by molar-refractivity contribution is 7.11. The largest absolute Gasteiger partial charge is 0.493 e. The minimum atomic E-state index is 0.712. The standard InChI is InChI=1S/C18H17NO2S2/c1-12-8-9-22-17(12)6-7-18-19-14(11-23-18)13-4-5-15(20-2)16(10-13)21-3/h4-11H,1-3H3/b7-6+. The lowest BCUT2D eigenvalue weighted by molar-refractivity contribution is 0.355. The Balaban J connectivity index is 1.84. The van der Waals surface area contributed by atoms with Gasteiger partial charge < -0.3 is 9.47 Å². The summed E-state index contributed by atoms with van der Waals surface area (Å²) in [6, 6.07) is 7.97. The van der Waals surface area contributed by atoms with Crippen LogP contribution in [0.15, 0.2) is 35.0 Å². The maximum absolute atomic E-state index is 5.35. The third-order valence-electron chi connectivity index (χ3n) is 3.48. The molecule has 2 aromatic heterocycles. The smallest absolute Gasteiger partial charge is 0.161 e. The first kappa shape index (κ1) is 15.8. The molecule has 0 saturated carbocycles. The fraction of sp³-hybridized carbons (Fsp3) is 0.167. The number of rotatable bonds is 5. The van der Waals surface area contributed by atoms with Crippen LogP contribution in [0.25, 0.3) is 23.4 Å². The second-order valence-electron chi connectivity index (χ2n) is 4.94. The molecule has 0 atom stereocenters. The molecule has 3 aromatic rings. The Morgan fingerprint density at radius 3 is 2.52 bits per heavy atom. The van der Waals surface area contributed by atoms with Gasteiger partial charge in [-0.1, -0.05) is 0 Å². The van der Waals surface area contributed by atoms with Crippen molar-refractivity contribution < 1.29 is 9.47 Å². The first-order valence-electron chi connectivity index (χ1n) is 7.11. The highest BCUT2D eigenvalue weighted by Gasteiger charge is 2.08. The molecule has 0 aliphatic carbocycles. The van der Waals surface area contributed by atoms with Crippen LogP contribution in [-0.2, 0) is 0 Å². The van der Waals surface area contributed by atoms with Crippen LogP contribution in [0.5, 0.6) is 11.5 Å². The molecule has 0 fully saturated rings. The summed E-state index contributed by atoms with van der Waals surface area (Å²) >= 11 is 3.37. The minimum Gasteiger partial charge on any atom is -0.493 e. The predicted molar refractivity (Wildman–Crippen MR) is 98.6 cm³/mol. The number of hydrogen-bond acceptors (Lipinski definition) is 5. The SMILES string of the molecule is COc1ccc(-c2csc(/C=C/c3sccc3C)n2)cc1OC. The van der Waals surface area contributed by atoms with Crippen molar-refractivity contribution in [3.63, 3.8) is 0 Å². The Morgan fingerprint density at radius 1 is 1.00 bits per heavy atom. The average Bonchev–Trinajstić information content (AvgIpc) is 3.21. The van der Waals surface area contributed by atoms with Crippen molar-refractivity contribution in [2.24, 2.45) is 0 Å². The van der Waals surface area contributed by atoms with Gasteiger partial charge in [0.1, 0.15) is 5.01 Å². The Hall–Kier alpha value is -2.11. The molecule has 23 heavy (non-hydrogen) atoms. The zero-order chi connectivity index (χ0) is 16.2. The third-order valence-corrected chi connectivity index (χ3v) is 5.27. The summed E-state index contributed by atoms with van der Waals surface area (Å²) in [6.45, 7) is 2.12. The second kappa shape index (κ2) is 6.98. The van der Waals surface area contributed by atoms with Crippen LogP contribution in [0.1, 0.15) is 15.4 Å². The van der Waals surface area contributed by atoms with E-state index in [4.69, 9.17) is 9.47 Å². The molecule has 0 N–H and O–H groups in total.